The van der Waals surface area contributed by atoms with Gasteiger partial charge in [-0.3, -0.25) is 4.72 Å². The normalized spacial score (nSPS) is 11.1. The lowest BCUT2D eigenvalue weighted by Crippen LogP contribution is -2.23. The van der Waals surface area contributed by atoms with Gasteiger partial charge in [0.1, 0.15) is 5.75 Å². The molecule has 0 atom stereocenters. The number of carbonyl (C=O) groups excluding carboxylic acids is 1. The number of aryl methyl sites for hydroxylation is 1. The average Bonchev–Trinajstić information content (AvgIpc) is 2.40. The van der Waals surface area contributed by atoms with Crippen LogP contribution in [-0.4, -0.2) is 27.3 Å². The second kappa shape index (κ2) is 6.13. The van der Waals surface area contributed by atoms with E-state index in [1.165, 1.54) is 7.05 Å². The van der Waals surface area contributed by atoms with E-state index >= 15 is 0 Å². The van der Waals surface area contributed by atoms with Crippen LogP contribution in [0, 0.1) is 20.8 Å². The summed E-state index contributed by atoms with van der Waals surface area (Å²) in [6.07, 6.45) is -0.561. The van der Waals surface area contributed by atoms with E-state index in [9.17, 15) is 13.2 Å². The van der Waals surface area contributed by atoms with Crippen molar-refractivity contribution in [1.82, 2.24) is 5.32 Å². The summed E-state index contributed by atoms with van der Waals surface area (Å²) in [4.78, 5) is 11.3. The molecule has 2 N–H and O–H groups in total. The van der Waals surface area contributed by atoms with Gasteiger partial charge in [-0.15, -0.1) is 0 Å². The van der Waals surface area contributed by atoms with E-state index in [0.717, 1.165) is 5.56 Å². The summed E-state index contributed by atoms with van der Waals surface area (Å²) in [7, 11) is -1.87. The molecule has 0 unspecified atom stereocenters. The molecular weight excluding hydrogens is 280 g/mol. The van der Waals surface area contributed by atoms with E-state index in [2.05, 4.69) is 10.0 Å². The zero-order chi connectivity index (χ0) is 15.5. The summed E-state index contributed by atoms with van der Waals surface area (Å²) in [5.74, 6) is 0.417. The van der Waals surface area contributed by atoms with Crippen LogP contribution in [0.5, 0.6) is 5.75 Å². The molecule has 0 fully saturated rings. The molecule has 0 saturated heterocycles. The minimum atomic E-state index is -3.34. The predicted octanol–water partition coefficient (Wildman–Crippen LogP) is 2.09. The van der Waals surface area contributed by atoms with Gasteiger partial charge in [-0.1, -0.05) is 0 Å². The van der Waals surface area contributed by atoms with Crippen LogP contribution in [0.3, 0.4) is 0 Å². The number of rotatable bonds is 4. The van der Waals surface area contributed by atoms with Crippen LogP contribution >= 0.6 is 0 Å². The molecule has 1 amide bonds. The molecule has 0 saturated carbocycles. The van der Waals surface area contributed by atoms with Crippen molar-refractivity contribution < 1.29 is 17.9 Å². The van der Waals surface area contributed by atoms with E-state index in [-0.39, 0.29) is 5.75 Å². The third-order valence-electron chi connectivity index (χ3n) is 3.09. The smallest absolute Gasteiger partial charge is 0.410 e. The van der Waals surface area contributed by atoms with Crippen molar-refractivity contribution >= 4 is 21.8 Å². The van der Waals surface area contributed by atoms with Crippen molar-refractivity contribution in [3.63, 3.8) is 0 Å². The van der Waals surface area contributed by atoms with Crippen molar-refractivity contribution in [3.05, 3.63) is 22.8 Å². The number of ether oxygens (including phenoxy) is 1. The van der Waals surface area contributed by atoms with Gasteiger partial charge in [0.2, 0.25) is 10.0 Å². The van der Waals surface area contributed by atoms with Crippen LogP contribution in [0.1, 0.15) is 23.6 Å². The zero-order valence-electron chi connectivity index (χ0n) is 12.3. The number of amides is 1. The Kier molecular flexibility index (Phi) is 4.99. The van der Waals surface area contributed by atoms with Crippen LogP contribution in [0.25, 0.3) is 0 Å². The number of carbonyl (C=O) groups is 1. The monoisotopic (exact) mass is 300 g/mol. The molecule has 6 nitrogen and oxygen atoms in total. The Hall–Kier alpha value is -1.76. The molecule has 7 heteroatoms. The van der Waals surface area contributed by atoms with Crippen molar-refractivity contribution in [2.24, 2.45) is 0 Å². The summed E-state index contributed by atoms with van der Waals surface area (Å²) in [5.41, 5.74) is 2.69. The number of nitrogens with one attached hydrogen (secondary N) is 2. The van der Waals surface area contributed by atoms with Gasteiger partial charge in [0, 0.05) is 7.05 Å². The Morgan fingerprint density at radius 2 is 1.85 bits per heavy atom. The lowest BCUT2D eigenvalue weighted by atomic mass is 10.0. The van der Waals surface area contributed by atoms with Crippen LogP contribution in [0.4, 0.5) is 10.5 Å². The third kappa shape index (κ3) is 3.63. The van der Waals surface area contributed by atoms with Crippen molar-refractivity contribution in [2.75, 3.05) is 17.5 Å². The fourth-order valence-electron chi connectivity index (χ4n) is 1.69. The lowest BCUT2D eigenvalue weighted by molar-refractivity contribution is 0.202. The highest BCUT2D eigenvalue weighted by molar-refractivity contribution is 7.92. The molecule has 0 heterocycles. The predicted molar refractivity (Wildman–Crippen MR) is 78.8 cm³/mol. The van der Waals surface area contributed by atoms with Gasteiger partial charge in [0.05, 0.1) is 11.4 Å². The summed E-state index contributed by atoms with van der Waals surface area (Å²) >= 11 is 0. The fourth-order valence-corrected chi connectivity index (χ4v) is 2.46. The highest BCUT2D eigenvalue weighted by Crippen LogP contribution is 2.32. The maximum absolute atomic E-state index is 11.7. The van der Waals surface area contributed by atoms with Crippen molar-refractivity contribution in [3.8, 4) is 5.75 Å². The van der Waals surface area contributed by atoms with E-state index in [1.807, 2.05) is 0 Å². The number of anilines is 1. The van der Waals surface area contributed by atoms with Crippen LogP contribution < -0.4 is 14.8 Å². The van der Waals surface area contributed by atoms with Crippen LogP contribution in [0.15, 0.2) is 6.07 Å². The van der Waals surface area contributed by atoms with Crippen LogP contribution in [0.2, 0.25) is 0 Å². The Morgan fingerprint density at radius 1 is 1.25 bits per heavy atom. The van der Waals surface area contributed by atoms with E-state index < -0.39 is 16.1 Å². The van der Waals surface area contributed by atoms with Gasteiger partial charge in [-0.25, -0.2) is 13.2 Å². The lowest BCUT2D eigenvalue weighted by Gasteiger charge is -2.17. The molecule has 20 heavy (non-hydrogen) atoms. The molecule has 0 aliphatic rings. The fraction of sp³-hybridized carbons (Fsp3) is 0.462. The molecule has 0 bridgehead atoms. The first kappa shape index (κ1) is 16.3. The van der Waals surface area contributed by atoms with E-state index in [0.29, 0.717) is 22.6 Å². The molecule has 0 aromatic heterocycles. The molecule has 0 radical (unpaired) electrons. The Bertz CT molecular complexity index is 624. The SMILES string of the molecule is CCS(=O)(=O)Nc1c(C)cc(OC(=O)NC)c(C)c1C. The van der Waals surface area contributed by atoms with Crippen molar-refractivity contribution in [1.29, 1.82) is 0 Å². The van der Waals surface area contributed by atoms with Crippen molar-refractivity contribution in [2.45, 2.75) is 27.7 Å². The number of hydrogen-bond donors (Lipinski definition) is 2. The number of sulfonamides is 1. The number of benzene rings is 1. The molecule has 0 spiro atoms. The Morgan fingerprint density at radius 3 is 2.35 bits per heavy atom. The summed E-state index contributed by atoms with van der Waals surface area (Å²) in [5, 5.41) is 2.37. The molecule has 1 rings (SSSR count). The minimum absolute atomic E-state index is 0.00141. The van der Waals surface area contributed by atoms with Gasteiger partial charge in [0.15, 0.2) is 0 Å². The first-order valence-electron chi connectivity index (χ1n) is 6.22. The standard InChI is InChI=1S/C13H20N2O4S/c1-6-20(17,18)15-12-8(2)7-11(9(3)10(12)4)19-13(16)14-5/h7,15H,6H2,1-5H3,(H,14,16). The van der Waals surface area contributed by atoms with Gasteiger partial charge >= 0.3 is 6.09 Å². The highest BCUT2D eigenvalue weighted by atomic mass is 32.2. The topological polar surface area (TPSA) is 84.5 Å². The Labute approximate surface area is 119 Å². The molecule has 1 aromatic rings. The van der Waals surface area contributed by atoms with E-state index in [1.54, 1.807) is 33.8 Å². The molecular formula is C13H20N2O4S. The molecule has 0 aliphatic heterocycles. The first-order chi connectivity index (χ1) is 9.21. The largest absolute Gasteiger partial charge is 0.412 e. The highest BCUT2D eigenvalue weighted by Gasteiger charge is 2.16. The molecule has 112 valence electrons. The maximum Gasteiger partial charge on any atom is 0.412 e. The van der Waals surface area contributed by atoms with Crippen LogP contribution in [-0.2, 0) is 10.0 Å². The average molecular weight is 300 g/mol. The number of hydrogen-bond acceptors (Lipinski definition) is 4. The van der Waals surface area contributed by atoms with Gasteiger partial charge in [-0.2, -0.15) is 0 Å². The third-order valence-corrected chi connectivity index (χ3v) is 4.37. The zero-order valence-corrected chi connectivity index (χ0v) is 13.1. The minimum Gasteiger partial charge on any atom is -0.410 e. The Balaban J connectivity index is 3.25. The van der Waals surface area contributed by atoms with Gasteiger partial charge in [-0.05, 0) is 50.5 Å². The summed E-state index contributed by atoms with van der Waals surface area (Å²) in [6, 6.07) is 1.64. The second-order valence-corrected chi connectivity index (χ2v) is 6.47. The first-order valence-corrected chi connectivity index (χ1v) is 7.88. The second-order valence-electron chi connectivity index (χ2n) is 4.46. The van der Waals surface area contributed by atoms with Gasteiger partial charge in [0.25, 0.3) is 0 Å². The van der Waals surface area contributed by atoms with Gasteiger partial charge < -0.3 is 10.1 Å². The molecule has 1 aromatic carbocycles. The van der Waals surface area contributed by atoms with E-state index in [4.69, 9.17) is 4.74 Å². The quantitative estimate of drug-likeness (QED) is 0.891. The summed E-state index contributed by atoms with van der Waals surface area (Å²) in [6.45, 7) is 6.89. The maximum atomic E-state index is 11.7. The molecule has 0 aliphatic carbocycles. The summed E-state index contributed by atoms with van der Waals surface area (Å²) < 4.78 is 31.1.